The van der Waals surface area contributed by atoms with Crippen molar-refractivity contribution in [1.82, 2.24) is 25.5 Å². The van der Waals surface area contributed by atoms with Crippen molar-refractivity contribution < 1.29 is 19.2 Å². The van der Waals surface area contributed by atoms with Gasteiger partial charge in [-0.1, -0.05) is 12.1 Å². The van der Waals surface area contributed by atoms with Crippen LogP contribution < -0.4 is 21.5 Å². The van der Waals surface area contributed by atoms with E-state index < -0.39 is 29.7 Å². The fourth-order valence-corrected chi connectivity index (χ4v) is 4.16. The summed E-state index contributed by atoms with van der Waals surface area (Å²) in [7, 11) is 0. The van der Waals surface area contributed by atoms with Crippen molar-refractivity contribution in [2.45, 2.75) is 31.3 Å². The van der Waals surface area contributed by atoms with Gasteiger partial charge in [0.05, 0.1) is 11.1 Å². The highest BCUT2D eigenvalue weighted by Crippen LogP contribution is 2.30. The van der Waals surface area contributed by atoms with Crippen LogP contribution in [0.3, 0.4) is 0 Å². The third-order valence-electron chi connectivity index (χ3n) is 5.94. The van der Waals surface area contributed by atoms with Crippen molar-refractivity contribution in [2.75, 3.05) is 18.4 Å². The molecular formula is C21H20N6O5. The number of H-pyrrole nitrogens is 1. The van der Waals surface area contributed by atoms with Gasteiger partial charge in [0.15, 0.2) is 0 Å². The van der Waals surface area contributed by atoms with Crippen LogP contribution in [-0.2, 0) is 16.1 Å². The molecule has 1 atom stereocenters. The summed E-state index contributed by atoms with van der Waals surface area (Å²) in [4.78, 5) is 69.9. The van der Waals surface area contributed by atoms with Crippen LogP contribution in [0.15, 0.2) is 29.1 Å². The zero-order valence-electron chi connectivity index (χ0n) is 16.9. The second-order valence-electron chi connectivity index (χ2n) is 8.01. The fraction of sp³-hybridized carbons (Fsp3) is 0.333. The minimum atomic E-state index is -1.02. The molecule has 4 N–H and O–H groups in total. The number of carbonyl (C=O) groups excluding carboxylic acids is 4. The Bertz CT molecular complexity index is 1220. The van der Waals surface area contributed by atoms with E-state index >= 15 is 0 Å². The highest BCUT2D eigenvalue weighted by Gasteiger charge is 2.45. The molecule has 2 fully saturated rings. The van der Waals surface area contributed by atoms with Gasteiger partial charge >= 0.3 is 0 Å². The van der Waals surface area contributed by atoms with Crippen molar-refractivity contribution in [3.8, 4) is 0 Å². The van der Waals surface area contributed by atoms with Crippen LogP contribution >= 0.6 is 0 Å². The van der Waals surface area contributed by atoms with Crippen LogP contribution in [0.2, 0.25) is 0 Å². The van der Waals surface area contributed by atoms with Crippen molar-refractivity contribution in [3.63, 3.8) is 0 Å². The molecule has 2 saturated heterocycles. The van der Waals surface area contributed by atoms with Crippen molar-refractivity contribution in [1.29, 1.82) is 0 Å². The van der Waals surface area contributed by atoms with Crippen LogP contribution in [-0.4, -0.2) is 57.6 Å². The number of aromatic nitrogens is 2. The van der Waals surface area contributed by atoms with Gasteiger partial charge in [0.25, 0.3) is 17.4 Å². The lowest BCUT2D eigenvalue weighted by atomic mass is 10.0. The summed E-state index contributed by atoms with van der Waals surface area (Å²) < 4.78 is 0. The lowest BCUT2D eigenvalue weighted by Gasteiger charge is -2.27. The average Bonchev–Trinajstić information content (AvgIpc) is 2.96. The number of hydrogen-bond acceptors (Lipinski definition) is 8. The summed E-state index contributed by atoms with van der Waals surface area (Å²) in [6, 6.07) is 5.22. The Labute approximate surface area is 181 Å². The maximum atomic E-state index is 13.1. The molecule has 0 spiro atoms. The van der Waals surface area contributed by atoms with Gasteiger partial charge in [-0.25, -0.2) is 4.98 Å². The van der Waals surface area contributed by atoms with Crippen molar-refractivity contribution in [3.05, 3.63) is 57.1 Å². The number of hydrogen-bond donors (Lipinski definition) is 4. The molecular weight excluding hydrogens is 416 g/mol. The molecule has 1 aromatic heterocycles. The first-order chi connectivity index (χ1) is 15.4. The van der Waals surface area contributed by atoms with Gasteiger partial charge < -0.3 is 15.6 Å². The topological polar surface area (TPSA) is 153 Å². The number of nitrogens with one attached hydrogen (secondary N) is 4. The van der Waals surface area contributed by atoms with Crippen LogP contribution in [0.4, 0.5) is 5.82 Å². The van der Waals surface area contributed by atoms with E-state index in [1.807, 2.05) is 0 Å². The average molecular weight is 436 g/mol. The summed E-state index contributed by atoms with van der Waals surface area (Å²) >= 11 is 0. The summed E-state index contributed by atoms with van der Waals surface area (Å²) in [5, 5.41) is 8.37. The van der Waals surface area contributed by atoms with Gasteiger partial charge in [0.1, 0.15) is 17.7 Å². The van der Waals surface area contributed by atoms with E-state index in [-0.39, 0.29) is 42.0 Å². The van der Waals surface area contributed by atoms with Gasteiger partial charge in [-0.3, -0.25) is 34.2 Å². The molecule has 164 valence electrons. The largest absolute Gasteiger partial charge is 0.366 e. The fourth-order valence-electron chi connectivity index (χ4n) is 4.16. The Balaban J connectivity index is 1.39. The van der Waals surface area contributed by atoms with Crippen LogP contribution in [0.25, 0.3) is 0 Å². The second-order valence-corrected chi connectivity index (χ2v) is 8.01. The minimum Gasteiger partial charge on any atom is -0.366 e. The maximum Gasteiger partial charge on any atom is 0.262 e. The van der Waals surface area contributed by atoms with Gasteiger partial charge in [0, 0.05) is 38.0 Å². The standard InChI is InChI=1S/C21H20N6O5/c28-15-5-4-13(19(30)26-15)27-20(31)12-3-1-2-10(17(12)21(27)32)9-23-14-6-16(29)25-18(24-14)11-7-22-8-11/h1-3,6,11,13,22H,4-5,7-9H2,(H,26,28,30)(H2,23,24,25,29). The van der Waals surface area contributed by atoms with Gasteiger partial charge in [-0.2, -0.15) is 0 Å². The number of benzene rings is 1. The smallest absolute Gasteiger partial charge is 0.262 e. The molecule has 3 aliphatic heterocycles. The number of fused-ring (bicyclic) bond motifs is 1. The van der Waals surface area contributed by atoms with Crippen LogP contribution in [0, 0.1) is 0 Å². The Morgan fingerprint density at radius 3 is 2.62 bits per heavy atom. The highest BCUT2D eigenvalue weighted by molar-refractivity contribution is 6.24. The molecule has 0 saturated carbocycles. The zero-order chi connectivity index (χ0) is 22.4. The molecule has 0 aliphatic carbocycles. The normalized spacial score (nSPS) is 20.8. The molecule has 4 heterocycles. The predicted octanol–water partition coefficient (Wildman–Crippen LogP) is -0.530. The van der Waals surface area contributed by atoms with E-state index in [4.69, 9.17) is 0 Å². The molecule has 32 heavy (non-hydrogen) atoms. The molecule has 1 unspecified atom stereocenters. The first-order valence-electron chi connectivity index (χ1n) is 10.3. The number of anilines is 1. The maximum absolute atomic E-state index is 13.1. The second kappa shape index (κ2) is 7.68. The van der Waals surface area contributed by atoms with Crippen molar-refractivity contribution in [2.24, 2.45) is 0 Å². The number of carbonyl (C=O) groups is 4. The highest BCUT2D eigenvalue weighted by atomic mass is 16.2. The first-order valence-corrected chi connectivity index (χ1v) is 10.3. The zero-order valence-corrected chi connectivity index (χ0v) is 16.9. The molecule has 2 aromatic rings. The quantitative estimate of drug-likeness (QED) is 0.456. The molecule has 11 heteroatoms. The van der Waals surface area contributed by atoms with Crippen LogP contribution in [0.1, 0.15) is 50.9 Å². The van der Waals surface area contributed by atoms with E-state index in [0.29, 0.717) is 17.2 Å². The number of imide groups is 2. The molecule has 3 aliphatic rings. The van der Waals surface area contributed by atoms with Gasteiger partial charge in [0.2, 0.25) is 11.8 Å². The Kier molecular flexibility index (Phi) is 4.82. The Morgan fingerprint density at radius 2 is 1.91 bits per heavy atom. The first kappa shape index (κ1) is 20.1. The van der Waals surface area contributed by atoms with E-state index in [2.05, 4.69) is 25.9 Å². The third kappa shape index (κ3) is 3.36. The van der Waals surface area contributed by atoms with E-state index in [0.717, 1.165) is 18.0 Å². The number of nitrogens with zero attached hydrogens (tertiary/aromatic N) is 2. The summed E-state index contributed by atoms with van der Waals surface area (Å²) in [6.07, 6.45) is 0.157. The Hall–Kier alpha value is -3.86. The van der Waals surface area contributed by atoms with Gasteiger partial charge in [-0.05, 0) is 18.1 Å². The molecule has 0 bridgehead atoms. The SMILES string of the molecule is O=C1CCC(N2C(=O)c3cccc(CNc4cc(=O)[nH]c(C5CNC5)n4)c3C2=O)C(=O)N1. The number of piperidine rings is 1. The van der Waals surface area contributed by atoms with Gasteiger partial charge in [-0.15, -0.1) is 0 Å². The van der Waals surface area contributed by atoms with Crippen LogP contribution in [0.5, 0.6) is 0 Å². The molecule has 5 rings (SSSR count). The summed E-state index contributed by atoms with van der Waals surface area (Å²) in [5.41, 5.74) is 0.685. The Morgan fingerprint density at radius 1 is 1.09 bits per heavy atom. The predicted molar refractivity (Wildman–Crippen MR) is 111 cm³/mol. The number of aromatic amines is 1. The summed E-state index contributed by atoms with van der Waals surface area (Å²) in [6.45, 7) is 1.64. The van der Waals surface area contributed by atoms with E-state index in [9.17, 15) is 24.0 Å². The summed E-state index contributed by atoms with van der Waals surface area (Å²) in [5.74, 6) is -1.10. The molecule has 0 radical (unpaired) electrons. The minimum absolute atomic E-state index is 0.0608. The molecule has 11 nitrogen and oxygen atoms in total. The van der Waals surface area contributed by atoms with Crippen molar-refractivity contribution >= 4 is 29.4 Å². The molecule has 4 amide bonds. The number of amides is 4. The monoisotopic (exact) mass is 436 g/mol. The molecule has 1 aromatic carbocycles. The van der Waals surface area contributed by atoms with E-state index in [1.54, 1.807) is 12.1 Å². The number of rotatable bonds is 5. The lowest BCUT2D eigenvalue weighted by Crippen LogP contribution is -2.54. The third-order valence-corrected chi connectivity index (χ3v) is 5.94. The lowest BCUT2D eigenvalue weighted by molar-refractivity contribution is -0.136. The van der Waals surface area contributed by atoms with E-state index in [1.165, 1.54) is 12.1 Å².